The predicted octanol–water partition coefficient (Wildman–Crippen LogP) is 9.63. The molecule has 0 aliphatic carbocycles. The van der Waals surface area contributed by atoms with Crippen LogP contribution in [-0.4, -0.2) is 19.9 Å². The molecule has 0 saturated heterocycles. The molecule has 0 bridgehead atoms. The Morgan fingerprint density at radius 1 is 0.419 bits per heavy atom. The van der Waals surface area contributed by atoms with Crippen LogP contribution in [0.4, 0.5) is 0 Å². The van der Waals surface area contributed by atoms with Crippen LogP contribution in [0.3, 0.4) is 0 Å². The molecule has 0 fully saturated rings. The minimum absolute atomic E-state index is 0.587. The molecule has 0 radical (unpaired) electrons. The van der Waals surface area contributed by atoms with E-state index in [0.717, 1.165) is 49.4 Å². The molecule has 3 heterocycles. The van der Waals surface area contributed by atoms with E-state index >= 15 is 0 Å². The topological polar surface area (TPSA) is 64.7 Å². The van der Waals surface area contributed by atoms with Crippen LogP contribution in [0, 0.1) is 0 Å². The number of hydrogen-bond acceptors (Lipinski definition) is 5. The van der Waals surface area contributed by atoms with Crippen molar-refractivity contribution in [3.8, 4) is 34.2 Å². The second-order valence-corrected chi connectivity index (χ2v) is 10.7. The summed E-state index contributed by atoms with van der Waals surface area (Å²) >= 11 is 0. The van der Waals surface area contributed by atoms with Crippen LogP contribution in [0.2, 0.25) is 0 Å². The number of fused-ring (bicyclic) bond motifs is 8. The van der Waals surface area contributed by atoms with Gasteiger partial charge in [0.1, 0.15) is 11.2 Å². The molecule has 0 atom stereocenters. The van der Waals surface area contributed by atoms with Crippen molar-refractivity contribution in [2.45, 2.75) is 0 Å². The first-order valence-electron chi connectivity index (χ1n) is 14.2. The molecule has 43 heavy (non-hydrogen) atoms. The number of aromatic nitrogens is 4. The summed E-state index contributed by atoms with van der Waals surface area (Å²) in [6.07, 6.45) is 3.58. The lowest BCUT2D eigenvalue weighted by molar-refractivity contribution is 0.668. The van der Waals surface area contributed by atoms with E-state index in [0.29, 0.717) is 17.5 Å². The lowest BCUT2D eigenvalue weighted by Crippen LogP contribution is -2.01. The minimum atomic E-state index is 0.587. The Labute approximate surface area is 246 Å². The van der Waals surface area contributed by atoms with Crippen molar-refractivity contribution in [1.82, 2.24) is 19.9 Å². The Kier molecular flexibility index (Phi) is 5.13. The maximum atomic E-state index is 6.17. The fourth-order valence-corrected chi connectivity index (χ4v) is 6.25. The van der Waals surface area contributed by atoms with Crippen LogP contribution >= 0.6 is 0 Å². The molecule has 3 aromatic heterocycles. The van der Waals surface area contributed by atoms with Gasteiger partial charge < -0.3 is 4.42 Å². The van der Waals surface area contributed by atoms with Crippen LogP contribution in [0.1, 0.15) is 0 Å². The van der Waals surface area contributed by atoms with Crippen LogP contribution in [0.25, 0.3) is 88.4 Å². The molecule has 0 aliphatic heterocycles. The first-order chi connectivity index (χ1) is 21.3. The lowest BCUT2D eigenvalue weighted by Gasteiger charge is -2.13. The van der Waals surface area contributed by atoms with Gasteiger partial charge in [-0.05, 0) is 39.1 Å². The maximum Gasteiger partial charge on any atom is 0.164 e. The quantitative estimate of drug-likeness (QED) is 0.205. The third-order valence-electron chi connectivity index (χ3n) is 8.21. The van der Waals surface area contributed by atoms with Crippen molar-refractivity contribution in [3.05, 3.63) is 134 Å². The molecule has 0 saturated carbocycles. The van der Waals surface area contributed by atoms with Gasteiger partial charge in [0, 0.05) is 45.2 Å². The average molecular weight is 551 g/mol. The Morgan fingerprint density at radius 3 is 2.00 bits per heavy atom. The summed E-state index contributed by atoms with van der Waals surface area (Å²) in [5, 5.41) is 8.95. The summed E-state index contributed by atoms with van der Waals surface area (Å²) in [6, 6.07) is 41.6. The van der Waals surface area contributed by atoms with Crippen LogP contribution in [-0.2, 0) is 0 Å². The van der Waals surface area contributed by atoms with E-state index in [2.05, 4.69) is 71.7 Å². The second kappa shape index (κ2) is 9.29. The van der Waals surface area contributed by atoms with Gasteiger partial charge in [-0.2, -0.15) is 0 Å². The van der Waals surface area contributed by atoms with Crippen molar-refractivity contribution < 1.29 is 4.42 Å². The zero-order valence-corrected chi connectivity index (χ0v) is 22.9. The summed E-state index contributed by atoms with van der Waals surface area (Å²) in [5.41, 5.74) is 4.31. The number of hydrogen-bond donors (Lipinski definition) is 0. The monoisotopic (exact) mass is 550 g/mol. The van der Waals surface area contributed by atoms with Gasteiger partial charge in [0.2, 0.25) is 0 Å². The van der Waals surface area contributed by atoms with Gasteiger partial charge in [-0.25, -0.2) is 15.0 Å². The second-order valence-electron chi connectivity index (χ2n) is 10.7. The normalized spacial score (nSPS) is 11.7. The zero-order chi connectivity index (χ0) is 28.3. The summed E-state index contributed by atoms with van der Waals surface area (Å²) in [4.78, 5) is 19.7. The first-order valence-corrected chi connectivity index (χ1v) is 14.2. The van der Waals surface area contributed by atoms with E-state index in [9.17, 15) is 0 Å². The molecule has 6 aromatic carbocycles. The highest BCUT2D eigenvalue weighted by atomic mass is 16.3. The van der Waals surface area contributed by atoms with Gasteiger partial charge in [-0.3, -0.25) is 4.98 Å². The van der Waals surface area contributed by atoms with E-state index in [4.69, 9.17) is 19.4 Å². The van der Waals surface area contributed by atoms with Gasteiger partial charge in [-0.1, -0.05) is 109 Å². The summed E-state index contributed by atoms with van der Waals surface area (Å²) in [7, 11) is 0. The van der Waals surface area contributed by atoms with E-state index in [1.807, 2.05) is 60.8 Å². The third-order valence-corrected chi connectivity index (χ3v) is 8.21. The summed E-state index contributed by atoms with van der Waals surface area (Å²) in [6.45, 7) is 0. The first kappa shape index (κ1) is 23.7. The number of furan rings is 1. The molecule has 9 aromatic rings. The number of rotatable bonds is 3. The molecule has 5 nitrogen and oxygen atoms in total. The smallest absolute Gasteiger partial charge is 0.164 e. The number of benzene rings is 6. The molecule has 0 amide bonds. The van der Waals surface area contributed by atoms with E-state index in [-0.39, 0.29) is 0 Å². The van der Waals surface area contributed by atoms with E-state index in [1.54, 1.807) is 6.20 Å². The standard InChI is InChI=1S/C38H22N4O/c1-2-9-25(10-3-1)36-40-37(42-38(41-36)30-14-7-15-33-35(30)31-22-39-21-20-32(31)43-33)29-13-6-11-24-17-18-27-26-12-5-4-8-23(26)16-19-28(27)34(24)29/h1-22H. The van der Waals surface area contributed by atoms with E-state index in [1.165, 1.54) is 21.5 Å². The van der Waals surface area contributed by atoms with E-state index < -0.39 is 0 Å². The minimum Gasteiger partial charge on any atom is -0.456 e. The van der Waals surface area contributed by atoms with Crippen molar-refractivity contribution in [2.75, 3.05) is 0 Å². The molecule has 9 rings (SSSR count). The lowest BCUT2D eigenvalue weighted by atomic mass is 9.94. The number of pyridine rings is 1. The maximum absolute atomic E-state index is 6.17. The highest BCUT2D eigenvalue weighted by Crippen LogP contribution is 2.39. The summed E-state index contributed by atoms with van der Waals surface area (Å²) < 4.78 is 6.17. The van der Waals surface area contributed by atoms with Crippen molar-refractivity contribution in [2.24, 2.45) is 0 Å². The van der Waals surface area contributed by atoms with Crippen LogP contribution in [0.5, 0.6) is 0 Å². The molecule has 200 valence electrons. The largest absolute Gasteiger partial charge is 0.456 e. The van der Waals surface area contributed by atoms with Crippen molar-refractivity contribution >= 4 is 54.3 Å². The molecule has 0 aliphatic rings. The van der Waals surface area contributed by atoms with Crippen molar-refractivity contribution in [3.63, 3.8) is 0 Å². The third kappa shape index (κ3) is 3.72. The van der Waals surface area contributed by atoms with Gasteiger partial charge >= 0.3 is 0 Å². The average Bonchev–Trinajstić information content (AvgIpc) is 3.47. The highest BCUT2D eigenvalue weighted by molar-refractivity contribution is 6.20. The van der Waals surface area contributed by atoms with Gasteiger partial charge in [-0.15, -0.1) is 0 Å². The number of nitrogens with zero attached hydrogens (tertiary/aromatic N) is 4. The highest BCUT2D eigenvalue weighted by Gasteiger charge is 2.19. The Hall–Kier alpha value is -5.94. The fraction of sp³-hybridized carbons (Fsp3) is 0. The van der Waals surface area contributed by atoms with Gasteiger partial charge in [0.15, 0.2) is 17.5 Å². The van der Waals surface area contributed by atoms with Crippen LogP contribution in [0.15, 0.2) is 138 Å². The zero-order valence-electron chi connectivity index (χ0n) is 22.9. The molecule has 0 unspecified atom stereocenters. The molecule has 0 spiro atoms. The molecular formula is C38H22N4O. The molecular weight excluding hydrogens is 528 g/mol. The Balaban J connectivity index is 1.37. The Morgan fingerprint density at radius 2 is 1.12 bits per heavy atom. The fourth-order valence-electron chi connectivity index (χ4n) is 6.25. The molecule has 0 N–H and O–H groups in total. The summed E-state index contributed by atoms with van der Waals surface area (Å²) in [5.74, 6) is 1.83. The van der Waals surface area contributed by atoms with Crippen molar-refractivity contribution in [1.29, 1.82) is 0 Å². The SMILES string of the molecule is c1ccc(-c2nc(-c3cccc4ccc5c6ccccc6ccc5c34)nc(-c3cccc4oc5ccncc5c34)n2)cc1. The van der Waals surface area contributed by atoms with Crippen LogP contribution < -0.4 is 0 Å². The molecule has 5 heteroatoms. The Bertz CT molecular complexity index is 2520. The van der Waals surface area contributed by atoms with Gasteiger partial charge in [0.05, 0.1) is 0 Å². The van der Waals surface area contributed by atoms with Gasteiger partial charge in [0.25, 0.3) is 0 Å². The predicted molar refractivity (Wildman–Crippen MR) is 174 cm³/mol.